The summed E-state index contributed by atoms with van der Waals surface area (Å²) in [4.78, 5) is 24.7. The summed E-state index contributed by atoms with van der Waals surface area (Å²) in [6.07, 6.45) is -0.745. The highest BCUT2D eigenvalue weighted by atomic mass is 16.5. The smallest absolute Gasteiger partial charge is 0.323 e. The van der Waals surface area contributed by atoms with Gasteiger partial charge in [-0.05, 0) is 52.3 Å². The molecule has 0 fully saturated rings. The van der Waals surface area contributed by atoms with Crippen LogP contribution in [0.1, 0.15) is 33.3 Å². The van der Waals surface area contributed by atoms with Crippen molar-refractivity contribution in [3.05, 3.63) is 29.8 Å². The van der Waals surface area contributed by atoms with Crippen molar-refractivity contribution in [3.63, 3.8) is 0 Å². The zero-order valence-electron chi connectivity index (χ0n) is 13.2. The van der Waals surface area contributed by atoms with Crippen LogP contribution in [0, 0.1) is 6.92 Å². The van der Waals surface area contributed by atoms with Crippen LogP contribution in [0.25, 0.3) is 0 Å². The molecule has 1 unspecified atom stereocenters. The first-order valence-corrected chi connectivity index (χ1v) is 6.88. The fourth-order valence-electron chi connectivity index (χ4n) is 1.94. The van der Waals surface area contributed by atoms with Crippen LogP contribution in [0.5, 0.6) is 5.75 Å². The van der Waals surface area contributed by atoms with Gasteiger partial charge in [-0.3, -0.25) is 9.59 Å². The van der Waals surface area contributed by atoms with Gasteiger partial charge in [0, 0.05) is 5.54 Å². The van der Waals surface area contributed by atoms with Gasteiger partial charge in [-0.1, -0.05) is 12.1 Å². The monoisotopic (exact) mass is 293 g/mol. The second kappa shape index (κ2) is 6.61. The molecular weight excluding hydrogens is 270 g/mol. The summed E-state index contributed by atoms with van der Waals surface area (Å²) in [7, 11) is 0. The second-order valence-corrected chi connectivity index (χ2v) is 6.07. The Labute approximate surface area is 125 Å². The summed E-state index contributed by atoms with van der Waals surface area (Å²) in [5.41, 5.74) is 0.449. The summed E-state index contributed by atoms with van der Waals surface area (Å²) in [6.45, 7) is 8.62. The van der Waals surface area contributed by atoms with Gasteiger partial charge in [-0.15, -0.1) is 0 Å². The Morgan fingerprint density at radius 2 is 1.95 bits per heavy atom. The number of carboxylic acids is 1. The molecule has 0 aromatic heterocycles. The van der Waals surface area contributed by atoms with Gasteiger partial charge < -0.3 is 14.7 Å². The number of aliphatic carboxylic acids is 1. The molecular formula is C16H23NO4. The number of carbonyl (C=O) groups excluding carboxylic acids is 1. The molecule has 0 aliphatic heterocycles. The molecule has 1 atom stereocenters. The Bertz CT molecular complexity index is 519. The van der Waals surface area contributed by atoms with Gasteiger partial charge in [0.1, 0.15) is 12.3 Å². The first kappa shape index (κ1) is 17.0. The highest BCUT2D eigenvalue weighted by Crippen LogP contribution is 2.18. The highest BCUT2D eigenvalue weighted by molar-refractivity contribution is 5.85. The lowest BCUT2D eigenvalue weighted by molar-refractivity contribution is -0.151. The van der Waals surface area contributed by atoms with Crippen LogP contribution in [-0.4, -0.2) is 40.1 Å². The van der Waals surface area contributed by atoms with Gasteiger partial charge in [0.15, 0.2) is 6.10 Å². The van der Waals surface area contributed by atoms with Crippen molar-refractivity contribution < 1.29 is 19.4 Å². The Morgan fingerprint density at radius 3 is 2.43 bits per heavy atom. The van der Waals surface area contributed by atoms with E-state index in [9.17, 15) is 9.59 Å². The Hall–Kier alpha value is -2.04. The lowest BCUT2D eigenvalue weighted by Crippen LogP contribution is -2.52. The van der Waals surface area contributed by atoms with Crippen LogP contribution < -0.4 is 4.74 Å². The van der Waals surface area contributed by atoms with Gasteiger partial charge in [-0.25, -0.2) is 0 Å². The van der Waals surface area contributed by atoms with Crippen LogP contribution in [-0.2, 0) is 9.59 Å². The Kier molecular flexibility index (Phi) is 5.35. The molecule has 1 aromatic carbocycles. The van der Waals surface area contributed by atoms with E-state index >= 15 is 0 Å². The molecule has 21 heavy (non-hydrogen) atoms. The number of nitrogens with zero attached hydrogens (tertiary/aromatic N) is 1. The van der Waals surface area contributed by atoms with Crippen molar-refractivity contribution in [3.8, 4) is 5.75 Å². The normalized spacial score (nSPS) is 12.6. The van der Waals surface area contributed by atoms with E-state index in [1.165, 1.54) is 4.90 Å². The minimum absolute atomic E-state index is 0.341. The number of carboxylic acid groups (broad SMARTS) is 1. The average molecular weight is 293 g/mol. The number of ether oxygens (including phenoxy) is 1. The molecule has 5 nitrogen and oxygen atoms in total. The molecule has 1 rings (SSSR count). The number of amides is 1. The van der Waals surface area contributed by atoms with E-state index in [1.54, 1.807) is 33.8 Å². The summed E-state index contributed by atoms with van der Waals surface area (Å²) < 4.78 is 5.63. The quantitative estimate of drug-likeness (QED) is 0.905. The van der Waals surface area contributed by atoms with Crippen LogP contribution in [0.3, 0.4) is 0 Å². The maximum Gasteiger partial charge on any atom is 0.323 e. The summed E-state index contributed by atoms with van der Waals surface area (Å²) >= 11 is 0. The molecule has 0 aliphatic rings. The van der Waals surface area contributed by atoms with Gasteiger partial charge in [-0.2, -0.15) is 0 Å². The number of hydrogen-bond acceptors (Lipinski definition) is 3. The summed E-state index contributed by atoms with van der Waals surface area (Å²) in [6, 6.07) is 7.39. The topological polar surface area (TPSA) is 66.8 Å². The molecule has 1 N–H and O–H groups in total. The predicted molar refractivity (Wildman–Crippen MR) is 80.4 cm³/mol. The predicted octanol–water partition coefficient (Wildman–Crippen LogP) is 2.47. The van der Waals surface area contributed by atoms with Crippen molar-refractivity contribution in [1.82, 2.24) is 4.90 Å². The third kappa shape index (κ3) is 5.10. The second-order valence-electron chi connectivity index (χ2n) is 6.07. The zero-order chi connectivity index (χ0) is 16.2. The lowest BCUT2D eigenvalue weighted by atomic mass is 10.0. The number of carbonyl (C=O) groups is 2. The van der Waals surface area contributed by atoms with Crippen molar-refractivity contribution in [2.75, 3.05) is 6.54 Å². The molecule has 0 heterocycles. The van der Waals surface area contributed by atoms with Crippen molar-refractivity contribution >= 4 is 11.9 Å². The van der Waals surface area contributed by atoms with Crippen LogP contribution in [0.4, 0.5) is 0 Å². The first-order chi connectivity index (χ1) is 9.61. The van der Waals surface area contributed by atoms with Crippen molar-refractivity contribution in [2.45, 2.75) is 46.3 Å². The molecule has 5 heteroatoms. The van der Waals surface area contributed by atoms with E-state index in [2.05, 4.69) is 0 Å². The van der Waals surface area contributed by atoms with E-state index in [0.29, 0.717) is 5.75 Å². The number of rotatable bonds is 5. The largest absolute Gasteiger partial charge is 0.481 e. The molecule has 116 valence electrons. The minimum Gasteiger partial charge on any atom is -0.481 e. The van der Waals surface area contributed by atoms with Crippen LogP contribution >= 0.6 is 0 Å². The maximum absolute atomic E-state index is 12.5. The third-order valence-electron chi connectivity index (χ3n) is 3.02. The number of hydrogen-bond donors (Lipinski definition) is 1. The average Bonchev–Trinajstić information content (AvgIpc) is 2.33. The fourth-order valence-corrected chi connectivity index (χ4v) is 1.94. The zero-order valence-corrected chi connectivity index (χ0v) is 13.2. The molecule has 1 amide bonds. The minimum atomic E-state index is -1.04. The van der Waals surface area contributed by atoms with E-state index in [1.807, 2.05) is 25.1 Å². The van der Waals surface area contributed by atoms with E-state index in [-0.39, 0.29) is 12.5 Å². The van der Waals surface area contributed by atoms with Gasteiger partial charge in [0.25, 0.3) is 5.91 Å². The van der Waals surface area contributed by atoms with E-state index in [0.717, 1.165) is 5.56 Å². The molecule has 0 bridgehead atoms. The van der Waals surface area contributed by atoms with Gasteiger partial charge >= 0.3 is 5.97 Å². The van der Waals surface area contributed by atoms with Crippen molar-refractivity contribution in [1.29, 1.82) is 0 Å². The summed E-state index contributed by atoms with van der Waals surface area (Å²) in [5, 5.41) is 8.97. The highest BCUT2D eigenvalue weighted by Gasteiger charge is 2.32. The molecule has 0 spiro atoms. The fraction of sp³-hybridized carbons (Fsp3) is 0.500. The van der Waals surface area contributed by atoms with E-state index < -0.39 is 17.6 Å². The maximum atomic E-state index is 12.5. The number of aryl methyl sites for hydroxylation is 1. The summed E-state index contributed by atoms with van der Waals surface area (Å²) in [5.74, 6) is -0.785. The molecule has 0 aliphatic carbocycles. The van der Waals surface area contributed by atoms with E-state index in [4.69, 9.17) is 9.84 Å². The first-order valence-electron chi connectivity index (χ1n) is 6.88. The Morgan fingerprint density at radius 1 is 1.33 bits per heavy atom. The third-order valence-corrected chi connectivity index (χ3v) is 3.02. The SMILES string of the molecule is Cc1cccc(OC(C)C(=O)N(CC(=O)O)C(C)(C)C)c1. The van der Waals surface area contributed by atoms with Crippen LogP contribution in [0.2, 0.25) is 0 Å². The molecule has 0 saturated heterocycles. The Balaban J connectivity index is 2.85. The number of benzene rings is 1. The van der Waals surface area contributed by atoms with Crippen LogP contribution in [0.15, 0.2) is 24.3 Å². The lowest BCUT2D eigenvalue weighted by Gasteiger charge is -2.36. The van der Waals surface area contributed by atoms with Gasteiger partial charge in [0.05, 0.1) is 0 Å². The molecule has 1 aromatic rings. The van der Waals surface area contributed by atoms with Gasteiger partial charge in [0.2, 0.25) is 0 Å². The standard InChI is InChI=1S/C16H23NO4/c1-11-7-6-8-13(9-11)21-12(2)15(20)17(10-14(18)19)16(3,4)5/h6-9,12H,10H2,1-5H3,(H,18,19). The molecule has 0 radical (unpaired) electrons. The molecule has 0 saturated carbocycles. The van der Waals surface area contributed by atoms with Crippen molar-refractivity contribution in [2.24, 2.45) is 0 Å².